The number of aromatic amines is 1. The minimum absolute atomic E-state index is 0.0562. The van der Waals surface area contributed by atoms with Gasteiger partial charge in [0.25, 0.3) is 13.9 Å². The van der Waals surface area contributed by atoms with Crippen molar-refractivity contribution in [3.05, 3.63) is 182 Å². The van der Waals surface area contributed by atoms with Crippen LogP contribution in [0.25, 0.3) is 11.1 Å². The molecule has 2 aromatic heterocycles. The second kappa shape index (κ2) is 18.0. The molecule has 62 heavy (non-hydrogen) atoms. The van der Waals surface area contributed by atoms with Crippen LogP contribution in [0.5, 0.6) is 5.75 Å². The van der Waals surface area contributed by atoms with Gasteiger partial charge in [-0.3, -0.25) is 18.9 Å². The Morgan fingerprint density at radius 3 is 2.06 bits per heavy atom. The number of nitrogens with zero attached hydrogens (tertiary/aromatic N) is 2. The monoisotopic (exact) mass is 891 g/mol. The van der Waals surface area contributed by atoms with Gasteiger partial charge in [0.1, 0.15) is 24.7 Å². The molecule has 4 aromatic carbocycles. The SMILES string of the molecule is COc1cc[n+]([O-])c(CO[P@](=S)(OCC2c3ccccc3-c3ccccc32)O[C@H]2C[C@H](n3cc(C)c(=O)[nH]c3=O)O[C@@H]2CO[Si](c2ccccc2)(c2ccccc2)C(C)(C)C)c1. The van der Waals surface area contributed by atoms with Crippen molar-refractivity contribution in [2.24, 2.45) is 0 Å². The molecular weight excluding hydrogens is 842 g/mol. The molecule has 3 heterocycles. The minimum atomic E-state index is -3.78. The molecule has 0 amide bonds. The van der Waals surface area contributed by atoms with Crippen molar-refractivity contribution in [1.82, 2.24) is 9.55 Å². The predicted octanol–water partition coefficient (Wildman–Crippen LogP) is 7.01. The summed E-state index contributed by atoms with van der Waals surface area (Å²) in [5, 5.41) is 14.8. The van der Waals surface area contributed by atoms with E-state index in [0.717, 1.165) is 32.6 Å². The summed E-state index contributed by atoms with van der Waals surface area (Å²) < 4.78 is 41.7. The largest absolute Gasteiger partial charge is 0.618 e. The number of benzene rings is 4. The Bertz CT molecular complexity index is 2630. The van der Waals surface area contributed by atoms with Crippen LogP contribution in [0.15, 0.2) is 143 Å². The third-order valence-electron chi connectivity index (χ3n) is 11.7. The molecule has 8 rings (SSSR count). The van der Waals surface area contributed by atoms with Crippen LogP contribution in [-0.2, 0) is 41.1 Å². The predicted molar refractivity (Wildman–Crippen MR) is 244 cm³/mol. The molecule has 2 aliphatic rings. The summed E-state index contributed by atoms with van der Waals surface area (Å²) in [5.74, 6) is 0.293. The highest BCUT2D eigenvalue weighted by atomic mass is 32.5. The Labute approximate surface area is 367 Å². The molecule has 1 saturated heterocycles. The number of rotatable bonds is 15. The second-order valence-electron chi connectivity index (χ2n) is 16.6. The summed E-state index contributed by atoms with van der Waals surface area (Å²) >= 11 is 6.31. The Morgan fingerprint density at radius 1 is 0.871 bits per heavy atom. The fourth-order valence-electron chi connectivity index (χ4n) is 8.66. The van der Waals surface area contributed by atoms with E-state index in [-0.39, 0.29) is 42.9 Å². The first-order valence-electron chi connectivity index (χ1n) is 20.5. The fraction of sp³-hybridized carbons (Fsp3) is 0.298. The number of hydrogen-bond donors (Lipinski definition) is 1. The molecule has 0 bridgehead atoms. The number of hydrogen-bond acceptors (Lipinski definition) is 10. The van der Waals surface area contributed by atoms with Crippen molar-refractivity contribution in [2.75, 3.05) is 20.3 Å². The van der Waals surface area contributed by atoms with Crippen molar-refractivity contribution in [1.29, 1.82) is 0 Å². The van der Waals surface area contributed by atoms with Crippen molar-refractivity contribution in [2.45, 2.75) is 70.1 Å². The molecule has 1 N–H and O–H groups in total. The van der Waals surface area contributed by atoms with Crippen LogP contribution >= 0.6 is 6.72 Å². The van der Waals surface area contributed by atoms with E-state index in [9.17, 15) is 14.8 Å². The summed E-state index contributed by atoms with van der Waals surface area (Å²) in [6.45, 7) is 4.36. The lowest BCUT2D eigenvalue weighted by molar-refractivity contribution is -0.616. The van der Waals surface area contributed by atoms with Gasteiger partial charge in [-0.05, 0) is 56.4 Å². The highest BCUT2D eigenvalue weighted by Gasteiger charge is 2.52. The topological polar surface area (TPSA) is 137 Å². The average molecular weight is 892 g/mol. The number of nitrogens with one attached hydrogen (secondary N) is 1. The van der Waals surface area contributed by atoms with E-state index >= 15 is 0 Å². The summed E-state index contributed by atoms with van der Waals surface area (Å²) in [6, 6.07) is 40.1. The number of methoxy groups -OCH3 is 1. The van der Waals surface area contributed by atoms with E-state index in [1.807, 2.05) is 60.7 Å². The van der Waals surface area contributed by atoms with Crippen LogP contribution in [-0.4, -0.2) is 50.4 Å². The van der Waals surface area contributed by atoms with Gasteiger partial charge >= 0.3 is 12.4 Å². The van der Waals surface area contributed by atoms with E-state index in [0.29, 0.717) is 16.0 Å². The van der Waals surface area contributed by atoms with Gasteiger partial charge in [0.2, 0.25) is 5.69 Å². The first-order chi connectivity index (χ1) is 29.8. The van der Waals surface area contributed by atoms with Crippen molar-refractivity contribution in [3.8, 4) is 16.9 Å². The molecule has 1 aliphatic heterocycles. The van der Waals surface area contributed by atoms with Crippen LogP contribution in [0.4, 0.5) is 0 Å². The molecule has 4 atom stereocenters. The number of H-pyrrole nitrogens is 1. The molecule has 12 nitrogen and oxygen atoms in total. The van der Waals surface area contributed by atoms with Crippen molar-refractivity contribution >= 4 is 37.2 Å². The molecule has 0 spiro atoms. The van der Waals surface area contributed by atoms with E-state index < -0.39 is 44.7 Å². The summed E-state index contributed by atoms with van der Waals surface area (Å²) in [4.78, 5) is 28.2. The number of fused-ring (bicyclic) bond motifs is 3. The fourth-order valence-corrected chi connectivity index (χ4v) is 15.3. The van der Waals surface area contributed by atoms with Gasteiger partial charge in [-0.15, -0.1) is 0 Å². The van der Waals surface area contributed by atoms with E-state index in [1.165, 1.54) is 24.1 Å². The molecule has 0 saturated carbocycles. The van der Waals surface area contributed by atoms with Crippen molar-refractivity contribution < 1.29 is 32.2 Å². The molecule has 0 unspecified atom stereocenters. The van der Waals surface area contributed by atoms with Gasteiger partial charge in [0.05, 0.1) is 32.5 Å². The molecule has 0 radical (unpaired) electrons. The quantitative estimate of drug-likeness (QED) is 0.0497. The standard InChI is InChI=1S/C47H50N3O9PSSi/c1-32-28-49(46(52)48-45(32)51)44-27-42(43(58-44)31-57-62(47(2,3)4,35-16-8-6-9-17-35)36-18-10-7-11-19-36)59-60(61,55-29-33-26-34(54-5)24-25-50(33)53)56-30-41-39-22-14-12-20-37(39)38-21-13-15-23-40(38)41/h6-26,28,41-44H,27,29-31H2,1-5H3,(H,48,51,52)/t42-,43+,44+,60-/m0/s1. The van der Waals surface area contributed by atoms with Gasteiger partial charge in [0.15, 0.2) is 6.20 Å². The third kappa shape index (κ3) is 8.66. The Hall–Kier alpha value is -5.02. The third-order valence-corrected chi connectivity index (χ3v) is 19.1. The first-order valence-corrected chi connectivity index (χ1v) is 25.0. The molecule has 1 fully saturated rings. The number of aromatic nitrogens is 3. The van der Waals surface area contributed by atoms with Crippen LogP contribution < -0.4 is 31.1 Å². The zero-order chi connectivity index (χ0) is 43.6. The lowest BCUT2D eigenvalue weighted by atomic mass is 9.98. The number of ether oxygens (including phenoxy) is 2. The highest BCUT2D eigenvalue weighted by Crippen LogP contribution is 2.56. The second-order valence-corrected chi connectivity index (χ2v) is 23.9. The van der Waals surface area contributed by atoms with E-state index in [1.54, 1.807) is 19.1 Å². The van der Waals surface area contributed by atoms with Gasteiger partial charge in [-0.2, -0.15) is 4.73 Å². The lowest BCUT2D eigenvalue weighted by Crippen LogP contribution is -2.67. The Morgan fingerprint density at radius 2 is 1.47 bits per heavy atom. The smallest absolute Gasteiger partial charge is 0.330 e. The van der Waals surface area contributed by atoms with E-state index in [2.05, 4.69) is 74.3 Å². The lowest BCUT2D eigenvalue weighted by Gasteiger charge is -2.43. The van der Waals surface area contributed by atoms with Gasteiger partial charge in [-0.25, -0.2) is 4.79 Å². The van der Waals surface area contributed by atoms with Gasteiger partial charge in [-0.1, -0.05) is 130 Å². The maximum Gasteiger partial charge on any atom is 0.330 e. The Kier molecular flexibility index (Phi) is 12.7. The average Bonchev–Trinajstić information content (AvgIpc) is 3.82. The molecule has 6 aromatic rings. The summed E-state index contributed by atoms with van der Waals surface area (Å²) in [7, 11) is -1.57. The summed E-state index contributed by atoms with van der Waals surface area (Å²) in [5.41, 5.74) is 3.89. The molecular formula is C47H50N3O9PSSi. The highest BCUT2D eigenvalue weighted by molar-refractivity contribution is 8.07. The normalized spacial score (nSPS) is 18.6. The zero-order valence-corrected chi connectivity index (χ0v) is 38.0. The molecule has 1 aliphatic carbocycles. The van der Waals surface area contributed by atoms with Crippen LogP contribution in [0.3, 0.4) is 0 Å². The van der Waals surface area contributed by atoms with Crippen molar-refractivity contribution in [3.63, 3.8) is 0 Å². The maximum atomic E-state index is 13.3. The number of pyridine rings is 1. The van der Waals surface area contributed by atoms with E-state index in [4.69, 9.17) is 39.3 Å². The summed E-state index contributed by atoms with van der Waals surface area (Å²) in [6.07, 6.45) is 0.492. The van der Waals surface area contributed by atoms with Gasteiger partial charge < -0.3 is 28.2 Å². The zero-order valence-electron chi connectivity index (χ0n) is 35.3. The maximum absolute atomic E-state index is 13.3. The molecule has 322 valence electrons. The van der Waals surface area contributed by atoms with Gasteiger partial charge in [0, 0.05) is 30.2 Å². The first kappa shape index (κ1) is 43.6. The van der Waals surface area contributed by atoms with Crippen LogP contribution in [0, 0.1) is 12.1 Å². The molecule has 15 heteroatoms. The van der Waals surface area contributed by atoms with Crippen LogP contribution in [0.1, 0.15) is 61.7 Å². The number of aryl methyl sites for hydroxylation is 1. The van der Waals surface area contributed by atoms with Crippen LogP contribution in [0.2, 0.25) is 5.04 Å². The Balaban J connectivity index is 1.17. The minimum Gasteiger partial charge on any atom is -0.618 e.